The van der Waals surface area contributed by atoms with Crippen molar-refractivity contribution in [3.8, 4) is 6.07 Å². The van der Waals surface area contributed by atoms with Crippen molar-refractivity contribution in [2.45, 2.75) is 24.7 Å². The lowest BCUT2D eigenvalue weighted by molar-refractivity contribution is -0.118. The number of likely N-dealkylation sites (N-methyl/N-ethyl adjacent to an activating group) is 1. The second kappa shape index (κ2) is 9.31. The smallest absolute Gasteiger partial charge is 0.243 e. The highest BCUT2D eigenvalue weighted by Crippen LogP contribution is 2.18. The maximum Gasteiger partial charge on any atom is 0.243 e. The number of unbranched alkanes of at least 4 members (excludes halogenated alkanes) is 1. The molecule has 27 heavy (non-hydrogen) atoms. The topological polar surface area (TPSA) is 81.5 Å². The summed E-state index contributed by atoms with van der Waals surface area (Å²) in [5, 5.41) is 8.84. The molecule has 0 N–H and O–H groups in total. The van der Waals surface area contributed by atoms with Crippen molar-refractivity contribution in [1.29, 1.82) is 5.26 Å². The van der Waals surface area contributed by atoms with Crippen molar-refractivity contribution < 1.29 is 13.2 Å². The summed E-state index contributed by atoms with van der Waals surface area (Å²) in [6.07, 6.45) is 1.75. The van der Waals surface area contributed by atoms with Crippen molar-refractivity contribution in [2.75, 3.05) is 25.0 Å². The summed E-state index contributed by atoms with van der Waals surface area (Å²) in [5.41, 5.74) is 1.13. The van der Waals surface area contributed by atoms with Crippen LogP contribution in [-0.2, 0) is 14.8 Å². The molecular formula is C20H23N3O3S. The molecule has 0 atom stereocenters. The van der Waals surface area contributed by atoms with Gasteiger partial charge in [0.15, 0.2) is 0 Å². The lowest BCUT2D eigenvalue weighted by Gasteiger charge is -2.25. The third-order valence-electron chi connectivity index (χ3n) is 4.15. The summed E-state index contributed by atoms with van der Waals surface area (Å²) in [6.45, 7) is 2.31. The van der Waals surface area contributed by atoms with Gasteiger partial charge < -0.3 is 4.90 Å². The standard InChI is InChI=1S/C20H23N3O3S/c1-3-4-14-23(18-8-6-5-7-9-18)20(24)16-22(2)27(25,26)19-12-10-17(15-21)11-13-19/h5-13H,3-4,14,16H2,1-2H3. The zero-order valence-electron chi connectivity index (χ0n) is 15.5. The number of carbonyl (C=O) groups excluding carboxylic acids is 1. The van der Waals surface area contributed by atoms with Crippen molar-refractivity contribution in [1.82, 2.24) is 4.31 Å². The summed E-state index contributed by atoms with van der Waals surface area (Å²) in [7, 11) is -2.44. The van der Waals surface area contributed by atoms with Crippen LogP contribution in [0.5, 0.6) is 0 Å². The SMILES string of the molecule is CCCCN(C(=O)CN(C)S(=O)(=O)c1ccc(C#N)cc1)c1ccccc1. The van der Waals surface area contributed by atoms with Gasteiger partial charge in [-0.3, -0.25) is 4.79 Å². The first-order valence-corrected chi connectivity index (χ1v) is 10.2. The number of anilines is 1. The minimum Gasteiger partial charge on any atom is -0.311 e. The molecule has 2 aromatic rings. The second-order valence-corrected chi connectivity index (χ2v) is 8.18. The van der Waals surface area contributed by atoms with E-state index in [1.54, 1.807) is 4.90 Å². The molecule has 1 amide bonds. The van der Waals surface area contributed by atoms with Crippen LogP contribution in [0.3, 0.4) is 0 Å². The highest BCUT2D eigenvalue weighted by Gasteiger charge is 2.25. The van der Waals surface area contributed by atoms with Crippen LogP contribution in [0.2, 0.25) is 0 Å². The summed E-state index contributed by atoms with van der Waals surface area (Å²) in [5.74, 6) is -0.283. The Morgan fingerprint density at radius 3 is 2.26 bits per heavy atom. The van der Waals surface area contributed by atoms with Crippen LogP contribution in [0.15, 0.2) is 59.5 Å². The lowest BCUT2D eigenvalue weighted by Crippen LogP contribution is -2.41. The Hall–Kier alpha value is -2.69. The number of nitrogens with zero attached hydrogens (tertiary/aromatic N) is 3. The van der Waals surface area contributed by atoms with E-state index in [2.05, 4.69) is 0 Å². The molecule has 0 aliphatic carbocycles. The number of hydrogen-bond acceptors (Lipinski definition) is 4. The van der Waals surface area contributed by atoms with E-state index >= 15 is 0 Å². The number of rotatable bonds is 8. The molecule has 0 heterocycles. The van der Waals surface area contributed by atoms with E-state index in [0.717, 1.165) is 22.8 Å². The fourth-order valence-corrected chi connectivity index (χ4v) is 3.68. The Labute approximate surface area is 160 Å². The third-order valence-corrected chi connectivity index (χ3v) is 5.97. The van der Waals surface area contributed by atoms with E-state index in [1.807, 2.05) is 43.3 Å². The van der Waals surface area contributed by atoms with Crippen molar-refractivity contribution in [3.05, 3.63) is 60.2 Å². The van der Waals surface area contributed by atoms with Crippen molar-refractivity contribution >= 4 is 21.6 Å². The number of nitriles is 1. The zero-order chi connectivity index (χ0) is 19.9. The Bertz CT molecular complexity index is 904. The van der Waals surface area contributed by atoms with Crippen LogP contribution < -0.4 is 4.90 Å². The number of hydrogen-bond donors (Lipinski definition) is 0. The second-order valence-electron chi connectivity index (χ2n) is 6.13. The van der Waals surface area contributed by atoms with E-state index in [9.17, 15) is 13.2 Å². The fourth-order valence-electron chi connectivity index (χ4n) is 2.56. The molecule has 0 aliphatic rings. The molecule has 142 valence electrons. The molecule has 0 aromatic heterocycles. The van der Waals surface area contributed by atoms with Gasteiger partial charge in [-0.15, -0.1) is 0 Å². The van der Waals surface area contributed by atoms with Crippen LogP contribution in [0, 0.1) is 11.3 Å². The summed E-state index contributed by atoms with van der Waals surface area (Å²) < 4.78 is 26.5. The minimum absolute atomic E-state index is 0.0524. The quantitative estimate of drug-likeness (QED) is 0.699. The Morgan fingerprint density at radius 2 is 1.70 bits per heavy atom. The summed E-state index contributed by atoms with van der Waals surface area (Å²) >= 11 is 0. The fraction of sp³-hybridized carbons (Fsp3) is 0.300. The van der Waals surface area contributed by atoms with Gasteiger partial charge in [-0.1, -0.05) is 31.5 Å². The maximum absolute atomic E-state index is 12.8. The maximum atomic E-state index is 12.8. The zero-order valence-corrected chi connectivity index (χ0v) is 16.3. The molecule has 0 saturated carbocycles. The molecule has 2 aromatic carbocycles. The lowest BCUT2D eigenvalue weighted by atomic mass is 10.2. The van der Waals surface area contributed by atoms with Crippen LogP contribution in [0.25, 0.3) is 0 Å². The molecular weight excluding hydrogens is 362 g/mol. The van der Waals surface area contributed by atoms with Gasteiger partial charge in [0.05, 0.1) is 23.1 Å². The van der Waals surface area contributed by atoms with E-state index in [-0.39, 0.29) is 17.3 Å². The molecule has 7 heteroatoms. The molecule has 0 radical (unpaired) electrons. The Kier molecular flexibility index (Phi) is 7.11. The molecule has 0 fully saturated rings. The molecule has 0 spiro atoms. The molecule has 0 bridgehead atoms. The van der Waals surface area contributed by atoms with Gasteiger partial charge in [0, 0.05) is 19.3 Å². The number of sulfonamides is 1. The van der Waals surface area contributed by atoms with Gasteiger partial charge in [0.25, 0.3) is 0 Å². The van der Waals surface area contributed by atoms with Gasteiger partial charge in [-0.2, -0.15) is 9.57 Å². The molecule has 0 aliphatic heterocycles. The average Bonchev–Trinajstić information content (AvgIpc) is 2.69. The van der Waals surface area contributed by atoms with Crippen LogP contribution >= 0.6 is 0 Å². The average molecular weight is 385 g/mol. The summed E-state index contributed by atoms with van der Waals surface area (Å²) in [4.78, 5) is 14.5. The first-order valence-electron chi connectivity index (χ1n) is 8.72. The largest absolute Gasteiger partial charge is 0.311 e. The Morgan fingerprint density at radius 1 is 1.07 bits per heavy atom. The van der Waals surface area contributed by atoms with Gasteiger partial charge in [0.2, 0.25) is 15.9 Å². The van der Waals surface area contributed by atoms with E-state index in [1.165, 1.54) is 31.3 Å². The van der Waals surface area contributed by atoms with Crippen LogP contribution in [0.1, 0.15) is 25.3 Å². The first kappa shape index (κ1) is 20.6. The van der Waals surface area contributed by atoms with E-state index < -0.39 is 10.0 Å². The van der Waals surface area contributed by atoms with Gasteiger partial charge in [-0.25, -0.2) is 8.42 Å². The molecule has 6 nitrogen and oxygen atoms in total. The molecule has 0 saturated heterocycles. The first-order chi connectivity index (χ1) is 12.9. The highest BCUT2D eigenvalue weighted by atomic mass is 32.2. The minimum atomic E-state index is -3.82. The van der Waals surface area contributed by atoms with E-state index in [4.69, 9.17) is 5.26 Å². The van der Waals surface area contributed by atoms with E-state index in [0.29, 0.717) is 12.1 Å². The van der Waals surface area contributed by atoms with Crippen LogP contribution in [-0.4, -0.2) is 38.8 Å². The highest BCUT2D eigenvalue weighted by molar-refractivity contribution is 7.89. The van der Waals surface area contributed by atoms with Gasteiger partial charge in [-0.05, 0) is 42.8 Å². The predicted molar refractivity (Wildman–Crippen MR) is 105 cm³/mol. The number of para-hydroxylation sites is 1. The number of benzene rings is 2. The Balaban J connectivity index is 2.18. The number of carbonyl (C=O) groups is 1. The van der Waals surface area contributed by atoms with Gasteiger partial charge >= 0.3 is 0 Å². The normalized spacial score (nSPS) is 11.2. The predicted octanol–water partition coefficient (Wildman–Crippen LogP) is 3.01. The summed E-state index contributed by atoms with van der Waals surface area (Å²) in [6, 6.07) is 16.8. The molecule has 2 rings (SSSR count). The van der Waals surface area contributed by atoms with Crippen molar-refractivity contribution in [3.63, 3.8) is 0 Å². The van der Waals surface area contributed by atoms with Gasteiger partial charge in [0.1, 0.15) is 0 Å². The number of amides is 1. The third kappa shape index (κ3) is 5.16. The van der Waals surface area contributed by atoms with Crippen molar-refractivity contribution in [2.24, 2.45) is 0 Å². The molecule has 0 unspecified atom stereocenters. The van der Waals surface area contributed by atoms with Crippen LogP contribution in [0.4, 0.5) is 5.69 Å². The monoisotopic (exact) mass is 385 g/mol.